The van der Waals surface area contributed by atoms with Crippen LogP contribution in [0.4, 0.5) is 11.4 Å². The summed E-state index contributed by atoms with van der Waals surface area (Å²) in [5.41, 5.74) is 7.03. The summed E-state index contributed by atoms with van der Waals surface area (Å²) in [7, 11) is 0. The van der Waals surface area contributed by atoms with E-state index in [1.165, 1.54) is 0 Å². The van der Waals surface area contributed by atoms with Gasteiger partial charge < -0.3 is 11.1 Å². The minimum absolute atomic E-state index is 0.00371. The maximum atomic E-state index is 11.7. The van der Waals surface area contributed by atoms with Gasteiger partial charge in [-0.25, -0.2) is 0 Å². The van der Waals surface area contributed by atoms with Crippen LogP contribution < -0.4 is 11.1 Å². The number of nitrogens with two attached hydrogens (primary N) is 1. The molecule has 0 unspecified atom stereocenters. The van der Waals surface area contributed by atoms with Crippen molar-refractivity contribution >= 4 is 33.2 Å². The Morgan fingerprint density at radius 2 is 2.11 bits per heavy atom. The molecule has 2 aromatic rings. The van der Waals surface area contributed by atoms with Crippen molar-refractivity contribution in [2.24, 2.45) is 0 Å². The third-order valence-electron chi connectivity index (χ3n) is 2.59. The van der Waals surface area contributed by atoms with E-state index >= 15 is 0 Å². The predicted molar refractivity (Wildman–Crippen MR) is 78.6 cm³/mol. The molecule has 0 fully saturated rings. The molecule has 0 bridgehead atoms. The van der Waals surface area contributed by atoms with Gasteiger partial charge in [-0.1, -0.05) is 0 Å². The van der Waals surface area contributed by atoms with Crippen LogP contribution in [0.25, 0.3) is 0 Å². The van der Waals surface area contributed by atoms with Crippen LogP contribution >= 0.6 is 15.9 Å². The highest BCUT2D eigenvalue weighted by atomic mass is 79.9. The monoisotopic (exact) mass is 322 g/mol. The molecule has 2 rings (SSSR count). The third kappa shape index (κ3) is 4.40. The molecule has 0 aliphatic heterocycles. The maximum Gasteiger partial charge on any atom is 0.224 e. The molecule has 19 heavy (non-hydrogen) atoms. The molecule has 1 aromatic carbocycles. The van der Waals surface area contributed by atoms with Gasteiger partial charge in [-0.05, 0) is 46.6 Å². The van der Waals surface area contributed by atoms with E-state index in [1.807, 2.05) is 6.20 Å². The Kier molecular flexibility index (Phi) is 4.57. The quantitative estimate of drug-likeness (QED) is 0.831. The van der Waals surface area contributed by atoms with Gasteiger partial charge in [-0.15, -0.1) is 0 Å². The van der Waals surface area contributed by atoms with Crippen molar-refractivity contribution in [3.8, 4) is 0 Å². The zero-order valence-corrected chi connectivity index (χ0v) is 11.9. The zero-order chi connectivity index (χ0) is 13.7. The molecule has 100 valence electrons. The molecular weight excluding hydrogens is 308 g/mol. The third-order valence-corrected chi connectivity index (χ3v) is 3.00. The number of halogens is 1. The van der Waals surface area contributed by atoms with Crippen LogP contribution in [0.5, 0.6) is 0 Å². The highest BCUT2D eigenvalue weighted by Crippen LogP contribution is 2.11. The van der Waals surface area contributed by atoms with Gasteiger partial charge in [0.1, 0.15) is 0 Å². The van der Waals surface area contributed by atoms with Crippen LogP contribution in [0, 0.1) is 0 Å². The largest absolute Gasteiger partial charge is 0.399 e. The zero-order valence-electron chi connectivity index (χ0n) is 10.3. The van der Waals surface area contributed by atoms with Crippen LogP contribution in [0.2, 0.25) is 0 Å². The molecule has 5 nitrogen and oxygen atoms in total. The number of aromatic nitrogens is 2. The summed E-state index contributed by atoms with van der Waals surface area (Å²) < 4.78 is 2.75. The first-order valence-electron chi connectivity index (χ1n) is 5.97. The molecule has 6 heteroatoms. The fourth-order valence-electron chi connectivity index (χ4n) is 1.65. The van der Waals surface area contributed by atoms with Gasteiger partial charge in [0.15, 0.2) is 0 Å². The average Bonchev–Trinajstić information content (AvgIpc) is 2.78. The van der Waals surface area contributed by atoms with Gasteiger partial charge in [-0.2, -0.15) is 5.10 Å². The van der Waals surface area contributed by atoms with E-state index in [0.29, 0.717) is 12.1 Å². The Morgan fingerprint density at radius 1 is 1.37 bits per heavy atom. The number of rotatable bonds is 5. The number of nitrogen functional groups attached to an aromatic ring is 1. The number of nitrogens with zero attached hydrogens (tertiary/aromatic N) is 2. The molecule has 3 N–H and O–H groups in total. The molecule has 0 atom stereocenters. The summed E-state index contributed by atoms with van der Waals surface area (Å²) in [5.74, 6) is -0.00371. The molecule has 0 saturated heterocycles. The summed E-state index contributed by atoms with van der Waals surface area (Å²) in [6.45, 7) is 0.723. The number of anilines is 2. The van der Waals surface area contributed by atoms with Crippen molar-refractivity contribution in [1.82, 2.24) is 9.78 Å². The number of hydrogen-bond acceptors (Lipinski definition) is 3. The Labute approximate surface area is 119 Å². The summed E-state index contributed by atoms with van der Waals surface area (Å²) in [5, 5.41) is 6.96. The molecular formula is C13H15BrN4O. The van der Waals surface area contributed by atoms with E-state index in [-0.39, 0.29) is 5.91 Å². The smallest absolute Gasteiger partial charge is 0.224 e. The fourth-order valence-corrected chi connectivity index (χ4v) is 1.98. The lowest BCUT2D eigenvalue weighted by atomic mass is 10.2. The number of carbonyl (C=O) groups is 1. The number of aryl methyl sites for hydroxylation is 1. The first-order chi connectivity index (χ1) is 9.13. The van der Waals surface area contributed by atoms with Gasteiger partial charge in [0.25, 0.3) is 0 Å². The summed E-state index contributed by atoms with van der Waals surface area (Å²) in [6, 6.07) is 7.10. The predicted octanol–water partition coefficient (Wildman–Crippen LogP) is 2.65. The van der Waals surface area contributed by atoms with E-state index < -0.39 is 0 Å². The minimum Gasteiger partial charge on any atom is -0.399 e. The van der Waals surface area contributed by atoms with Crippen LogP contribution in [0.1, 0.15) is 12.8 Å². The van der Waals surface area contributed by atoms with E-state index in [0.717, 1.165) is 23.1 Å². The Morgan fingerprint density at radius 3 is 2.74 bits per heavy atom. The maximum absolute atomic E-state index is 11.7. The molecule has 0 radical (unpaired) electrons. The molecule has 0 aliphatic rings. The van der Waals surface area contributed by atoms with Crippen molar-refractivity contribution < 1.29 is 4.79 Å². The second-order valence-electron chi connectivity index (χ2n) is 4.20. The van der Waals surface area contributed by atoms with Gasteiger partial charge >= 0.3 is 0 Å². The van der Waals surface area contributed by atoms with Gasteiger partial charge in [0.05, 0.1) is 10.7 Å². The first-order valence-corrected chi connectivity index (χ1v) is 6.76. The number of hydrogen-bond donors (Lipinski definition) is 2. The topological polar surface area (TPSA) is 72.9 Å². The second-order valence-corrected chi connectivity index (χ2v) is 5.11. The Bertz CT molecular complexity index is 550. The average molecular weight is 323 g/mol. The first kappa shape index (κ1) is 13.6. The van der Waals surface area contributed by atoms with Crippen molar-refractivity contribution in [3.05, 3.63) is 41.1 Å². The lowest BCUT2D eigenvalue weighted by Crippen LogP contribution is -2.12. The minimum atomic E-state index is -0.00371. The molecule has 1 amide bonds. The van der Waals surface area contributed by atoms with E-state index in [1.54, 1.807) is 35.1 Å². The number of amides is 1. The lowest BCUT2D eigenvalue weighted by Gasteiger charge is -2.05. The standard InChI is InChI=1S/C13H15BrN4O/c14-10-8-16-18(9-10)7-1-2-13(19)17-12-5-3-11(15)4-6-12/h3-6,8-9H,1-2,7,15H2,(H,17,19). The van der Waals surface area contributed by atoms with Crippen LogP contribution in [-0.4, -0.2) is 15.7 Å². The summed E-state index contributed by atoms with van der Waals surface area (Å²) in [6.07, 6.45) is 4.82. The number of benzene rings is 1. The lowest BCUT2D eigenvalue weighted by molar-refractivity contribution is -0.116. The van der Waals surface area contributed by atoms with Gasteiger partial charge in [0, 0.05) is 30.5 Å². The highest BCUT2D eigenvalue weighted by Gasteiger charge is 2.03. The van der Waals surface area contributed by atoms with Crippen LogP contribution in [-0.2, 0) is 11.3 Å². The molecule has 0 aliphatic carbocycles. The van der Waals surface area contributed by atoms with E-state index in [9.17, 15) is 4.79 Å². The number of nitrogens with one attached hydrogen (secondary N) is 1. The molecule has 0 saturated carbocycles. The van der Waals surface area contributed by atoms with Crippen molar-refractivity contribution in [2.45, 2.75) is 19.4 Å². The Hall–Kier alpha value is -1.82. The second kappa shape index (κ2) is 6.38. The number of carbonyl (C=O) groups excluding carboxylic acids is 1. The van der Waals surface area contributed by atoms with Crippen molar-refractivity contribution in [2.75, 3.05) is 11.1 Å². The Balaban J connectivity index is 1.74. The van der Waals surface area contributed by atoms with Crippen LogP contribution in [0.3, 0.4) is 0 Å². The van der Waals surface area contributed by atoms with E-state index in [4.69, 9.17) is 5.73 Å². The van der Waals surface area contributed by atoms with Gasteiger partial charge in [0.2, 0.25) is 5.91 Å². The van der Waals surface area contributed by atoms with Crippen molar-refractivity contribution in [3.63, 3.8) is 0 Å². The van der Waals surface area contributed by atoms with E-state index in [2.05, 4.69) is 26.3 Å². The summed E-state index contributed by atoms with van der Waals surface area (Å²) in [4.78, 5) is 11.7. The van der Waals surface area contributed by atoms with Gasteiger partial charge in [-0.3, -0.25) is 9.48 Å². The SMILES string of the molecule is Nc1ccc(NC(=O)CCCn2cc(Br)cn2)cc1. The van der Waals surface area contributed by atoms with Crippen molar-refractivity contribution in [1.29, 1.82) is 0 Å². The normalized spacial score (nSPS) is 10.4. The highest BCUT2D eigenvalue weighted by molar-refractivity contribution is 9.10. The fraction of sp³-hybridized carbons (Fsp3) is 0.231. The van der Waals surface area contributed by atoms with Crippen LogP contribution in [0.15, 0.2) is 41.1 Å². The molecule has 0 spiro atoms. The summed E-state index contributed by atoms with van der Waals surface area (Å²) >= 11 is 3.33. The molecule has 1 aromatic heterocycles. The molecule has 1 heterocycles.